The molecular weight excluding hydrogens is 395 g/mol. The average Bonchev–Trinajstić information content (AvgIpc) is 2.70. The normalized spacial score (nSPS) is 29.1. The fraction of sp³-hybridized carbons (Fsp3) is 0.680. The lowest BCUT2D eigenvalue weighted by molar-refractivity contribution is -0.153. The van der Waals surface area contributed by atoms with Crippen LogP contribution in [0.3, 0.4) is 0 Å². The molecule has 170 valence electrons. The Labute approximate surface area is 184 Å². The van der Waals surface area contributed by atoms with E-state index in [1.807, 2.05) is 0 Å². The topological polar surface area (TPSA) is 58.6 Å². The van der Waals surface area contributed by atoms with E-state index in [0.29, 0.717) is 30.9 Å². The summed E-state index contributed by atoms with van der Waals surface area (Å²) < 4.78 is 18.6. The molecule has 1 amide bonds. The van der Waals surface area contributed by atoms with Gasteiger partial charge in [-0.05, 0) is 94.7 Å². The summed E-state index contributed by atoms with van der Waals surface area (Å²) in [5, 5.41) is 3.13. The third-order valence-corrected chi connectivity index (χ3v) is 7.60. The summed E-state index contributed by atoms with van der Waals surface area (Å²) in [6.45, 7) is 6.13. The molecule has 1 aromatic rings. The van der Waals surface area contributed by atoms with E-state index in [2.05, 4.69) is 10.2 Å². The first-order valence-corrected chi connectivity index (χ1v) is 11.7. The molecule has 4 aliphatic carbocycles. The van der Waals surface area contributed by atoms with Gasteiger partial charge in [0.2, 0.25) is 5.91 Å². The first-order chi connectivity index (χ1) is 14.7. The van der Waals surface area contributed by atoms with E-state index in [9.17, 15) is 14.0 Å². The molecule has 5 rings (SSSR count). The van der Waals surface area contributed by atoms with Gasteiger partial charge >= 0.3 is 5.97 Å². The van der Waals surface area contributed by atoms with E-state index >= 15 is 0 Å². The van der Waals surface area contributed by atoms with Crippen LogP contribution >= 0.6 is 0 Å². The number of amides is 1. The van der Waals surface area contributed by atoms with Crippen molar-refractivity contribution < 1.29 is 18.7 Å². The molecule has 0 saturated heterocycles. The van der Waals surface area contributed by atoms with Gasteiger partial charge in [-0.3, -0.25) is 14.9 Å². The molecular formula is C25H35FN2O3. The number of hydrogen-bond acceptors (Lipinski definition) is 4. The Balaban J connectivity index is 1.54. The molecule has 6 heteroatoms. The van der Waals surface area contributed by atoms with E-state index in [1.165, 1.54) is 31.4 Å². The number of ether oxygens (including phenoxy) is 1. The first-order valence-electron chi connectivity index (χ1n) is 11.7. The fourth-order valence-corrected chi connectivity index (χ4v) is 6.46. The van der Waals surface area contributed by atoms with E-state index < -0.39 is 5.54 Å². The van der Waals surface area contributed by atoms with Crippen molar-refractivity contribution in [3.05, 3.63) is 35.6 Å². The summed E-state index contributed by atoms with van der Waals surface area (Å²) in [5.41, 5.74) is -0.111. The molecule has 4 aliphatic rings. The largest absolute Gasteiger partial charge is 0.465 e. The van der Waals surface area contributed by atoms with Crippen LogP contribution < -0.4 is 5.32 Å². The second kappa shape index (κ2) is 8.53. The molecule has 0 heterocycles. The van der Waals surface area contributed by atoms with Gasteiger partial charge in [0.1, 0.15) is 11.4 Å². The van der Waals surface area contributed by atoms with Gasteiger partial charge in [0.05, 0.1) is 13.2 Å². The molecule has 0 unspecified atom stereocenters. The summed E-state index contributed by atoms with van der Waals surface area (Å²) in [6, 6.07) is 6.46. The van der Waals surface area contributed by atoms with Crippen molar-refractivity contribution in [2.45, 2.75) is 76.9 Å². The number of nitrogens with zero attached hydrogens (tertiary/aromatic N) is 1. The highest BCUT2D eigenvalue weighted by atomic mass is 19.1. The number of carbonyl (C=O) groups excluding carboxylic acids is 2. The average molecular weight is 431 g/mol. The lowest BCUT2D eigenvalue weighted by Gasteiger charge is -2.60. The third kappa shape index (κ3) is 4.64. The maximum Gasteiger partial charge on any atom is 0.325 e. The van der Waals surface area contributed by atoms with Gasteiger partial charge in [-0.15, -0.1) is 0 Å². The molecule has 4 saturated carbocycles. The number of benzene rings is 1. The van der Waals surface area contributed by atoms with Crippen molar-refractivity contribution >= 4 is 11.9 Å². The van der Waals surface area contributed by atoms with Gasteiger partial charge in [-0.1, -0.05) is 12.1 Å². The molecule has 31 heavy (non-hydrogen) atoms. The minimum Gasteiger partial charge on any atom is -0.465 e. The van der Waals surface area contributed by atoms with Gasteiger partial charge in [0.15, 0.2) is 0 Å². The molecule has 0 radical (unpaired) electrons. The molecule has 1 aromatic carbocycles. The van der Waals surface area contributed by atoms with Gasteiger partial charge in [-0.2, -0.15) is 0 Å². The van der Waals surface area contributed by atoms with Crippen molar-refractivity contribution in [1.82, 2.24) is 10.2 Å². The highest BCUT2D eigenvalue weighted by molar-refractivity contribution is 5.83. The lowest BCUT2D eigenvalue weighted by Crippen LogP contribution is -2.63. The second-order valence-electron chi connectivity index (χ2n) is 10.4. The van der Waals surface area contributed by atoms with Crippen LogP contribution in [0, 0.1) is 23.6 Å². The molecule has 4 fully saturated rings. The Morgan fingerprint density at radius 3 is 2.16 bits per heavy atom. The number of hydrogen-bond donors (Lipinski definition) is 1. The Hall–Kier alpha value is -1.95. The Morgan fingerprint density at radius 1 is 1.10 bits per heavy atom. The number of rotatable bonds is 8. The van der Waals surface area contributed by atoms with E-state index in [-0.39, 0.29) is 29.8 Å². The van der Waals surface area contributed by atoms with Crippen LogP contribution in [-0.2, 0) is 20.9 Å². The van der Waals surface area contributed by atoms with Crippen LogP contribution in [0.15, 0.2) is 24.3 Å². The van der Waals surface area contributed by atoms with Crippen LogP contribution in [0.2, 0.25) is 0 Å². The van der Waals surface area contributed by atoms with Crippen molar-refractivity contribution in [3.63, 3.8) is 0 Å². The molecule has 0 aromatic heterocycles. The van der Waals surface area contributed by atoms with Crippen molar-refractivity contribution in [3.8, 4) is 0 Å². The van der Waals surface area contributed by atoms with Crippen LogP contribution in [-0.4, -0.2) is 41.0 Å². The number of carbonyl (C=O) groups is 2. The summed E-state index contributed by atoms with van der Waals surface area (Å²) in [5.74, 6) is 1.50. The lowest BCUT2D eigenvalue weighted by atomic mass is 9.52. The Morgan fingerprint density at radius 2 is 1.65 bits per heavy atom. The number of esters is 1. The van der Waals surface area contributed by atoms with Gasteiger partial charge in [-0.25, -0.2) is 4.39 Å². The first kappa shape index (κ1) is 22.3. The van der Waals surface area contributed by atoms with E-state index in [0.717, 1.165) is 24.8 Å². The van der Waals surface area contributed by atoms with Gasteiger partial charge < -0.3 is 9.64 Å². The molecule has 0 aliphatic heterocycles. The summed E-state index contributed by atoms with van der Waals surface area (Å²) in [6.07, 6.45) is 7.08. The highest BCUT2D eigenvalue weighted by Gasteiger charge is 2.54. The van der Waals surface area contributed by atoms with Crippen molar-refractivity contribution in [2.24, 2.45) is 17.8 Å². The zero-order valence-corrected chi connectivity index (χ0v) is 19.0. The van der Waals surface area contributed by atoms with Gasteiger partial charge in [0, 0.05) is 12.1 Å². The third-order valence-electron chi connectivity index (χ3n) is 7.60. The Bertz CT molecular complexity index is 785. The van der Waals surface area contributed by atoms with Crippen LogP contribution in [0.25, 0.3) is 0 Å². The predicted molar refractivity (Wildman–Crippen MR) is 117 cm³/mol. The summed E-state index contributed by atoms with van der Waals surface area (Å²) >= 11 is 0. The van der Waals surface area contributed by atoms with Crippen molar-refractivity contribution in [1.29, 1.82) is 0 Å². The second-order valence-corrected chi connectivity index (χ2v) is 10.4. The van der Waals surface area contributed by atoms with E-state index in [1.54, 1.807) is 32.9 Å². The molecule has 1 N–H and O–H groups in total. The minimum absolute atomic E-state index is 0.00338. The predicted octanol–water partition coefficient (Wildman–Crippen LogP) is 4.05. The summed E-state index contributed by atoms with van der Waals surface area (Å²) in [7, 11) is 0. The monoisotopic (exact) mass is 430 g/mol. The Kier molecular flexibility index (Phi) is 6.12. The van der Waals surface area contributed by atoms with Gasteiger partial charge in [0.25, 0.3) is 0 Å². The zero-order valence-electron chi connectivity index (χ0n) is 19.0. The molecule has 5 nitrogen and oxygen atoms in total. The summed E-state index contributed by atoms with van der Waals surface area (Å²) in [4.78, 5) is 27.9. The number of nitrogens with one attached hydrogen (secondary N) is 1. The van der Waals surface area contributed by atoms with Crippen LogP contribution in [0.5, 0.6) is 0 Å². The highest BCUT2D eigenvalue weighted by Crippen LogP contribution is 2.58. The van der Waals surface area contributed by atoms with Crippen molar-refractivity contribution in [2.75, 3.05) is 13.2 Å². The minimum atomic E-state index is -0.936. The standard InChI is InChI=1S/C25H35FN2O3/c1-4-31-23(30)24(2,3)27-15-22(29)28(16-17-5-7-21(26)8-6-17)25-12-18-9-19(13-25)11-20(10-18)14-25/h5-8,18-20,27H,4,9-16H2,1-3H3. The number of halogens is 1. The molecule has 0 spiro atoms. The SMILES string of the molecule is CCOC(=O)C(C)(C)NCC(=O)N(Cc1ccc(F)cc1)C12CC3CC(CC(C3)C1)C2. The zero-order chi connectivity index (χ0) is 22.2. The quantitative estimate of drug-likeness (QED) is 0.632. The van der Waals surface area contributed by atoms with Crippen LogP contribution in [0.4, 0.5) is 4.39 Å². The van der Waals surface area contributed by atoms with Crippen LogP contribution in [0.1, 0.15) is 64.9 Å². The molecule has 4 bridgehead atoms. The smallest absolute Gasteiger partial charge is 0.325 e. The van der Waals surface area contributed by atoms with E-state index in [4.69, 9.17) is 4.74 Å². The maximum absolute atomic E-state index is 13.6. The molecule has 0 atom stereocenters. The maximum atomic E-state index is 13.6. The fourth-order valence-electron chi connectivity index (χ4n) is 6.46.